The number of rotatable bonds is 4. The second-order valence-electron chi connectivity index (χ2n) is 7.02. The van der Waals surface area contributed by atoms with Gasteiger partial charge in [0.1, 0.15) is 17.8 Å². The molecule has 0 bridgehead atoms. The highest BCUT2D eigenvalue weighted by Crippen LogP contribution is 2.35. The molecule has 2 aromatic heterocycles. The minimum atomic E-state index is 0.0781. The molecule has 7 heteroatoms. The van der Waals surface area contributed by atoms with Crippen molar-refractivity contribution in [1.82, 2.24) is 24.6 Å². The van der Waals surface area contributed by atoms with Crippen LogP contribution in [0.4, 0.5) is 5.82 Å². The number of carbonyl (C=O) groups is 1. The molecule has 0 N–H and O–H groups in total. The molecule has 1 saturated heterocycles. The molecule has 0 unspecified atom stereocenters. The van der Waals surface area contributed by atoms with Crippen molar-refractivity contribution < 1.29 is 4.79 Å². The Morgan fingerprint density at radius 1 is 1.16 bits per heavy atom. The van der Waals surface area contributed by atoms with E-state index in [1.807, 2.05) is 18.9 Å². The van der Waals surface area contributed by atoms with Gasteiger partial charge in [-0.2, -0.15) is 5.10 Å². The predicted molar refractivity (Wildman–Crippen MR) is 94.4 cm³/mol. The number of amides is 1. The van der Waals surface area contributed by atoms with Crippen LogP contribution in [0.25, 0.3) is 0 Å². The molecule has 0 spiro atoms. The van der Waals surface area contributed by atoms with Crippen LogP contribution in [-0.4, -0.2) is 55.7 Å². The number of aromatic nitrogens is 4. The minimum Gasteiger partial charge on any atom is -0.350 e. The molecule has 7 nitrogen and oxygen atoms in total. The Balaban J connectivity index is 1.45. The maximum Gasteiger partial charge on any atom is 0.272 e. The second-order valence-corrected chi connectivity index (χ2v) is 7.02. The summed E-state index contributed by atoms with van der Waals surface area (Å²) in [6.45, 7) is 3.56. The van der Waals surface area contributed by atoms with Crippen molar-refractivity contribution in [2.24, 2.45) is 7.05 Å². The van der Waals surface area contributed by atoms with E-state index in [1.54, 1.807) is 23.3 Å². The third-order valence-corrected chi connectivity index (χ3v) is 5.18. The fourth-order valence-corrected chi connectivity index (χ4v) is 3.70. The summed E-state index contributed by atoms with van der Waals surface area (Å²) < 4.78 is 1.65. The van der Waals surface area contributed by atoms with Gasteiger partial charge in [-0.05, 0) is 38.7 Å². The van der Waals surface area contributed by atoms with Gasteiger partial charge in [-0.25, -0.2) is 9.97 Å². The van der Waals surface area contributed by atoms with Crippen LogP contribution >= 0.6 is 0 Å². The Hall–Kier alpha value is -2.44. The number of hydrogen-bond acceptors (Lipinski definition) is 5. The van der Waals surface area contributed by atoms with E-state index in [0.29, 0.717) is 17.8 Å². The van der Waals surface area contributed by atoms with Crippen LogP contribution in [0.5, 0.6) is 0 Å². The highest BCUT2D eigenvalue weighted by molar-refractivity contribution is 5.92. The van der Waals surface area contributed by atoms with Crippen LogP contribution in [-0.2, 0) is 7.05 Å². The Morgan fingerprint density at radius 3 is 2.48 bits per heavy atom. The molecule has 4 rings (SSSR count). The molecular weight excluding hydrogens is 316 g/mol. The molecule has 0 radical (unpaired) electrons. The van der Waals surface area contributed by atoms with Crippen molar-refractivity contribution in [2.75, 3.05) is 18.0 Å². The smallest absolute Gasteiger partial charge is 0.272 e. The van der Waals surface area contributed by atoms with Crippen LogP contribution in [0.1, 0.15) is 41.9 Å². The van der Waals surface area contributed by atoms with E-state index in [1.165, 1.54) is 12.8 Å². The minimum absolute atomic E-state index is 0.0781. The van der Waals surface area contributed by atoms with E-state index in [4.69, 9.17) is 0 Å². The van der Waals surface area contributed by atoms with Gasteiger partial charge in [0.25, 0.3) is 5.91 Å². The van der Waals surface area contributed by atoms with E-state index in [2.05, 4.69) is 26.0 Å². The molecule has 1 amide bonds. The molecule has 2 aromatic rings. The van der Waals surface area contributed by atoms with Gasteiger partial charge in [0, 0.05) is 50.2 Å². The zero-order chi connectivity index (χ0) is 17.4. The zero-order valence-corrected chi connectivity index (χ0v) is 14.8. The molecule has 1 saturated carbocycles. The van der Waals surface area contributed by atoms with Crippen molar-refractivity contribution in [3.8, 4) is 0 Å². The van der Waals surface area contributed by atoms with Gasteiger partial charge < -0.3 is 9.80 Å². The highest BCUT2D eigenvalue weighted by Gasteiger charge is 2.37. The summed E-state index contributed by atoms with van der Waals surface area (Å²) in [7, 11) is 1.81. The number of aryl methyl sites for hydroxylation is 2. The van der Waals surface area contributed by atoms with Gasteiger partial charge in [0.05, 0.1) is 0 Å². The van der Waals surface area contributed by atoms with Gasteiger partial charge >= 0.3 is 0 Å². The van der Waals surface area contributed by atoms with E-state index in [0.717, 1.165) is 37.4 Å². The molecule has 25 heavy (non-hydrogen) atoms. The zero-order valence-electron chi connectivity index (χ0n) is 14.8. The van der Waals surface area contributed by atoms with Gasteiger partial charge in [-0.15, -0.1) is 0 Å². The average Bonchev–Trinajstić information content (AvgIpc) is 3.35. The van der Waals surface area contributed by atoms with Gasteiger partial charge in [0.15, 0.2) is 0 Å². The number of hydrogen-bond donors (Lipinski definition) is 0. The first-order valence-corrected chi connectivity index (χ1v) is 8.98. The largest absolute Gasteiger partial charge is 0.350 e. The van der Waals surface area contributed by atoms with E-state index in [-0.39, 0.29) is 5.91 Å². The van der Waals surface area contributed by atoms with E-state index >= 15 is 0 Å². The first-order chi connectivity index (χ1) is 12.1. The summed E-state index contributed by atoms with van der Waals surface area (Å²) in [6.07, 6.45) is 7.74. The first-order valence-electron chi connectivity index (χ1n) is 8.98. The van der Waals surface area contributed by atoms with E-state index in [9.17, 15) is 4.79 Å². The van der Waals surface area contributed by atoms with Crippen LogP contribution in [0, 0.1) is 6.92 Å². The Kier molecular flexibility index (Phi) is 4.15. The fraction of sp³-hybridized carbons (Fsp3) is 0.556. The summed E-state index contributed by atoms with van der Waals surface area (Å²) in [6, 6.07) is 4.90. The summed E-state index contributed by atoms with van der Waals surface area (Å²) in [4.78, 5) is 25.8. The lowest BCUT2D eigenvalue weighted by molar-refractivity contribution is 0.0700. The number of anilines is 1. The lowest BCUT2D eigenvalue weighted by Gasteiger charge is -2.39. The number of piperidine rings is 1. The maximum atomic E-state index is 12.6. The van der Waals surface area contributed by atoms with Crippen LogP contribution in [0.3, 0.4) is 0 Å². The predicted octanol–water partition coefficient (Wildman–Crippen LogP) is 1.79. The Labute approximate surface area is 147 Å². The summed E-state index contributed by atoms with van der Waals surface area (Å²) in [5.74, 6) is 1.11. The number of nitrogens with zero attached hydrogens (tertiary/aromatic N) is 6. The second kappa shape index (κ2) is 6.46. The molecule has 1 aliphatic carbocycles. The Bertz CT molecular complexity index is 760. The van der Waals surface area contributed by atoms with Crippen molar-refractivity contribution >= 4 is 11.7 Å². The standard InChI is InChI=1S/C18H24N6O/c1-13-11-17(20-12-19-13)24(14-3-4-14)15-6-9-23(10-7-15)18(25)16-5-8-21-22(16)2/h5,8,11-12,14-15H,3-4,6-7,9-10H2,1-2H3. The quantitative estimate of drug-likeness (QED) is 0.849. The van der Waals surface area contributed by atoms with Gasteiger partial charge in [0.2, 0.25) is 0 Å². The molecule has 2 aliphatic rings. The first kappa shape index (κ1) is 16.1. The lowest BCUT2D eigenvalue weighted by Crippen LogP contribution is -2.48. The molecule has 2 fully saturated rings. The molecule has 1 aliphatic heterocycles. The molecule has 0 atom stereocenters. The van der Waals surface area contributed by atoms with E-state index < -0.39 is 0 Å². The highest BCUT2D eigenvalue weighted by atomic mass is 16.2. The number of carbonyl (C=O) groups excluding carboxylic acids is 1. The van der Waals surface area contributed by atoms with Crippen molar-refractivity contribution in [3.63, 3.8) is 0 Å². The molecule has 0 aromatic carbocycles. The van der Waals surface area contributed by atoms with Crippen LogP contribution in [0.15, 0.2) is 24.7 Å². The monoisotopic (exact) mass is 340 g/mol. The van der Waals surface area contributed by atoms with Crippen LogP contribution in [0.2, 0.25) is 0 Å². The van der Waals surface area contributed by atoms with Gasteiger partial charge in [-0.1, -0.05) is 0 Å². The SMILES string of the molecule is Cc1cc(N(C2CC2)C2CCN(C(=O)c3ccnn3C)CC2)ncn1. The van der Waals surface area contributed by atoms with Gasteiger partial charge in [-0.3, -0.25) is 9.48 Å². The van der Waals surface area contributed by atoms with Crippen molar-refractivity contribution in [1.29, 1.82) is 0 Å². The van der Waals surface area contributed by atoms with Crippen molar-refractivity contribution in [2.45, 2.75) is 44.7 Å². The molecular formula is C18H24N6O. The number of likely N-dealkylation sites (tertiary alicyclic amines) is 1. The maximum absolute atomic E-state index is 12.6. The van der Waals surface area contributed by atoms with Crippen LogP contribution < -0.4 is 4.90 Å². The Morgan fingerprint density at radius 2 is 1.88 bits per heavy atom. The van der Waals surface area contributed by atoms with Crippen molar-refractivity contribution in [3.05, 3.63) is 36.0 Å². The molecule has 3 heterocycles. The topological polar surface area (TPSA) is 67.2 Å². The lowest BCUT2D eigenvalue weighted by atomic mass is 10.0. The third-order valence-electron chi connectivity index (χ3n) is 5.18. The summed E-state index contributed by atoms with van der Waals surface area (Å²) >= 11 is 0. The third kappa shape index (κ3) is 3.23. The normalized spacial score (nSPS) is 18.4. The molecule has 132 valence electrons. The fourth-order valence-electron chi connectivity index (χ4n) is 3.70. The average molecular weight is 340 g/mol. The summed E-state index contributed by atoms with van der Waals surface area (Å²) in [5, 5.41) is 4.10. The summed E-state index contributed by atoms with van der Waals surface area (Å²) in [5.41, 5.74) is 1.66.